The maximum Gasteiger partial charge on any atom is 0.231 e. The quantitative estimate of drug-likeness (QED) is 0.677. The predicted molar refractivity (Wildman–Crippen MR) is 117 cm³/mol. The largest absolute Gasteiger partial charge is 0.316 e. The van der Waals surface area contributed by atoms with Crippen LogP contribution in [0.4, 0.5) is 5.00 Å². The van der Waals surface area contributed by atoms with Crippen molar-refractivity contribution in [3.8, 4) is 6.07 Å². The third-order valence-electron chi connectivity index (χ3n) is 7.97. The topological polar surface area (TPSA) is 83.6 Å². The molecular formula is C22H24BrN5OS. The normalized spacial score (nSPS) is 33.9. The fourth-order valence-electron chi connectivity index (χ4n) is 7.23. The van der Waals surface area contributed by atoms with Gasteiger partial charge in [0.2, 0.25) is 10.6 Å². The molecular weight excluding hydrogens is 462 g/mol. The third kappa shape index (κ3) is 2.74. The summed E-state index contributed by atoms with van der Waals surface area (Å²) in [5, 5.41) is 18.4. The summed E-state index contributed by atoms with van der Waals surface area (Å²) in [6.07, 6.45) is 12.3. The lowest BCUT2D eigenvalue weighted by molar-refractivity contribution is -0.150. The van der Waals surface area contributed by atoms with Crippen molar-refractivity contribution in [3.05, 3.63) is 27.1 Å². The van der Waals surface area contributed by atoms with Crippen LogP contribution in [-0.2, 0) is 23.2 Å². The van der Waals surface area contributed by atoms with Crippen molar-refractivity contribution >= 4 is 38.2 Å². The van der Waals surface area contributed by atoms with Gasteiger partial charge >= 0.3 is 0 Å². The van der Waals surface area contributed by atoms with Crippen molar-refractivity contribution in [1.82, 2.24) is 14.8 Å². The molecule has 4 saturated carbocycles. The second-order valence-corrected chi connectivity index (χ2v) is 11.7. The van der Waals surface area contributed by atoms with Gasteiger partial charge in [0.25, 0.3) is 0 Å². The number of anilines is 1. The molecule has 0 radical (unpaired) electrons. The van der Waals surface area contributed by atoms with Crippen LogP contribution in [0.15, 0.2) is 11.1 Å². The number of aromatic nitrogens is 3. The average molecular weight is 486 g/mol. The van der Waals surface area contributed by atoms with Crippen LogP contribution in [0, 0.1) is 28.6 Å². The van der Waals surface area contributed by atoms with Gasteiger partial charge in [-0.15, -0.1) is 16.4 Å². The van der Waals surface area contributed by atoms with Crippen LogP contribution in [0.3, 0.4) is 0 Å². The summed E-state index contributed by atoms with van der Waals surface area (Å²) >= 11 is 5.02. The zero-order valence-corrected chi connectivity index (χ0v) is 19.2. The maximum absolute atomic E-state index is 13.8. The first-order chi connectivity index (χ1) is 14.5. The highest BCUT2D eigenvalue weighted by Crippen LogP contribution is 2.64. The number of thiophene rings is 1. The number of fused-ring (bicyclic) bond motifs is 1. The molecule has 30 heavy (non-hydrogen) atoms. The number of hydrogen-bond acceptors (Lipinski definition) is 5. The molecule has 156 valence electrons. The summed E-state index contributed by atoms with van der Waals surface area (Å²) in [6.45, 7) is 0. The highest BCUT2D eigenvalue weighted by atomic mass is 79.9. The van der Waals surface area contributed by atoms with Gasteiger partial charge in [-0.2, -0.15) is 5.26 Å². The SMILES string of the molecule is N#Cc1c(NC(=O)C23C[C@H]4C[C@@H](C2)CC(n2cnc(Br)n2)(C4)C3)sc2c1CCCC2. The number of halogens is 1. The van der Waals surface area contributed by atoms with Crippen LogP contribution in [0.2, 0.25) is 0 Å². The van der Waals surface area contributed by atoms with Gasteiger partial charge < -0.3 is 5.32 Å². The average Bonchev–Trinajstić information content (AvgIpc) is 3.30. The number of rotatable bonds is 3. The first-order valence-corrected chi connectivity index (χ1v) is 12.5. The maximum atomic E-state index is 13.8. The van der Waals surface area contributed by atoms with Crippen molar-refractivity contribution in [2.24, 2.45) is 17.3 Å². The summed E-state index contributed by atoms with van der Waals surface area (Å²) in [6, 6.07) is 2.39. The van der Waals surface area contributed by atoms with Gasteiger partial charge in [0.1, 0.15) is 17.4 Å². The Morgan fingerprint density at radius 2 is 2.03 bits per heavy atom. The van der Waals surface area contributed by atoms with E-state index >= 15 is 0 Å². The number of hydrogen-bond donors (Lipinski definition) is 1. The van der Waals surface area contributed by atoms with E-state index in [9.17, 15) is 10.1 Å². The Labute approximate surface area is 188 Å². The molecule has 8 heteroatoms. The number of nitriles is 1. The van der Waals surface area contributed by atoms with Crippen LogP contribution >= 0.6 is 27.3 Å². The van der Waals surface area contributed by atoms with Crippen molar-refractivity contribution in [2.75, 3.05) is 5.32 Å². The predicted octanol–water partition coefficient (Wildman–Crippen LogP) is 4.79. The minimum absolute atomic E-state index is 0.104. The lowest BCUT2D eigenvalue weighted by atomic mass is 9.46. The van der Waals surface area contributed by atoms with Crippen LogP contribution in [-0.4, -0.2) is 20.7 Å². The van der Waals surface area contributed by atoms with Gasteiger partial charge in [-0.3, -0.25) is 4.79 Å². The standard InChI is InChI=1S/C22H24BrN5OS/c23-20-25-12-28(27-20)22-8-13-5-14(9-22)7-21(6-13,11-22)19(29)26-18-16(10-24)15-3-1-2-4-17(15)30-18/h12-14H,1-9,11H2,(H,26,29)/t13-,14+,21?,22?. The number of aryl methyl sites for hydroxylation is 1. The van der Waals surface area contributed by atoms with E-state index in [4.69, 9.17) is 0 Å². The van der Waals surface area contributed by atoms with E-state index in [1.165, 1.54) is 23.3 Å². The molecule has 4 bridgehead atoms. The summed E-state index contributed by atoms with van der Waals surface area (Å²) < 4.78 is 2.64. The third-order valence-corrected chi connectivity index (χ3v) is 9.54. The first kappa shape index (κ1) is 19.0. The Bertz CT molecular complexity index is 1070. The Hall–Kier alpha value is -1.72. The zero-order chi connectivity index (χ0) is 20.5. The van der Waals surface area contributed by atoms with Gasteiger partial charge in [-0.05, 0) is 97.5 Å². The summed E-state index contributed by atoms with van der Waals surface area (Å²) in [5.74, 6) is 1.24. The fourth-order valence-corrected chi connectivity index (χ4v) is 8.72. The van der Waals surface area contributed by atoms with Gasteiger partial charge in [-0.1, -0.05) is 0 Å². The van der Waals surface area contributed by atoms with Crippen molar-refractivity contribution in [1.29, 1.82) is 5.26 Å². The monoisotopic (exact) mass is 485 g/mol. The van der Waals surface area contributed by atoms with Crippen LogP contribution in [0.5, 0.6) is 0 Å². The molecule has 2 aromatic heterocycles. The summed E-state index contributed by atoms with van der Waals surface area (Å²) in [4.78, 5) is 19.4. The summed E-state index contributed by atoms with van der Waals surface area (Å²) in [5.41, 5.74) is 1.42. The minimum Gasteiger partial charge on any atom is -0.316 e. The number of carbonyl (C=O) groups is 1. The Morgan fingerprint density at radius 3 is 2.73 bits per heavy atom. The molecule has 1 N–H and O–H groups in total. The molecule has 0 aliphatic heterocycles. The van der Waals surface area contributed by atoms with E-state index < -0.39 is 0 Å². The number of carbonyl (C=O) groups excluding carboxylic acids is 1. The second-order valence-electron chi connectivity index (χ2n) is 9.90. The summed E-state index contributed by atoms with van der Waals surface area (Å²) in [7, 11) is 0. The highest BCUT2D eigenvalue weighted by Gasteiger charge is 2.61. The number of nitrogens with one attached hydrogen (secondary N) is 1. The minimum atomic E-state index is -0.361. The molecule has 6 nitrogen and oxygen atoms in total. The molecule has 4 fully saturated rings. The molecule has 5 aliphatic rings. The molecule has 2 aromatic rings. The molecule has 5 aliphatic carbocycles. The molecule has 4 atom stereocenters. The van der Waals surface area contributed by atoms with Crippen LogP contribution in [0.1, 0.15) is 67.4 Å². The fraction of sp³-hybridized carbons (Fsp3) is 0.636. The van der Waals surface area contributed by atoms with Gasteiger partial charge in [0.15, 0.2) is 0 Å². The van der Waals surface area contributed by atoms with Crippen LogP contribution in [0.25, 0.3) is 0 Å². The smallest absolute Gasteiger partial charge is 0.231 e. The Morgan fingerprint density at radius 1 is 1.27 bits per heavy atom. The number of amides is 1. The van der Waals surface area contributed by atoms with Crippen molar-refractivity contribution in [2.45, 2.75) is 69.7 Å². The van der Waals surface area contributed by atoms with E-state index in [1.54, 1.807) is 11.3 Å². The molecule has 1 amide bonds. The first-order valence-electron chi connectivity index (χ1n) is 10.9. The van der Waals surface area contributed by atoms with Gasteiger partial charge in [-0.25, -0.2) is 9.67 Å². The zero-order valence-electron chi connectivity index (χ0n) is 16.8. The highest BCUT2D eigenvalue weighted by molar-refractivity contribution is 9.10. The molecule has 0 saturated heterocycles. The molecule has 0 spiro atoms. The number of nitrogens with zero attached hydrogens (tertiary/aromatic N) is 4. The van der Waals surface area contributed by atoms with Gasteiger partial charge in [0.05, 0.1) is 16.5 Å². The van der Waals surface area contributed by atoms with Crippen molar-refractivity contribution < 1.29 is 4.79 Å². The molecule has 2 unspecified atom stereocenters. The van der Waals surface area contributed by atoms with Crippen LogP contribution < -0.4 is 5.32 Å². The van der Waals surface area contributed by atoms with E-state index in [-0.39, 0.29) is 16.9 Å². The van der Waals surface area contributed by atoms with Crippen molar-refractivity contribution in [3.63, 3.8) is 0 Å². The van der Waals surface area contributed by atoms with Gasteiger partial charge in [0, 0.05) is 4.88 Å². The van der Waals surface area contributed by atoms with E-state index in [0.717, 1.165) is 56.4 Å². The lowest BCUT2D eigenvalue weighted by Crippen LogP contribution is -2.60. The lowest BCUT2D eigenvalue weighted by Gasteiger charge is -2.60. The van der Waals surface area contributed by atoms with E-state index in [2.05, 4.69) is 37.4 Å². The van der Waals surface area contributed by atoms with E-state index in [1.807, 2.05) is 11.0 Å². The van der Waals surface area contributed by atoms with E-state index in [0.29, 0.717) is 22.1 Å². The Balaban J connectivity index is 1.33. The molecule has 2 heterocycles. The Kier molecular flexibility index (Phi) is 4.20. The molecule has 0 aromatic carbocycles. The second kappa shape index (κ2) is 6.64. The molecule has 7 rings (SSSR count).